The summed E-state index contributed by atoms with van der Waals surface area (Å²) >= 11 is 0. The molecule has 0 bridgehead atoms. The maximum absolute atomic E-state index is 9.13. The molecule has 0 amide bonds. The monoisotopic (exact) mass is 279 g/mol. The molecule has 1 aromatic carbocycles. The van der Waals surface area contributed by atoms with Crippen LogP contribution >= 0.6 is 0 Å². The van der Waals surface area contributed by atoms with E-state index in [9.17, 15) is 0 Å². The lowest BCUT2D eigenvalue weighted by Crippen LogP contribution is -2.40. The second-order valence-electron chi connectivity index (χ2n) is 7.01. The van der Waals surface area contributed by atoms with Crippen molar-refractivity contribution in [1.82, 2.24) is 0 Å². The molecule has 0 aliphatic heterocycles. The van der Waals surface area contributed by atoms with Gasteiger partial charge in [-0.3, -0.25) is 0 Å². The molecule has 1 unspecified atom stereocenters. The molecule has 20 heavy (non-hydrogen) atoms. The molecule has 0 saturated carbocycles. The Morgan fingerprint density at radius 1 is 1.20 bits per heavy atom. The molecule has 114 valence electrons. The van der Waals surface area contributed by atoms with E-state index in [4.69, 9.17) is 15.6 Å². The Balaban J connectivity index is 2.65. The van der Waals surface area contributed by atoms with Crippen LogP contribution in [0.2, 0.25) is 0 Å². The van der Waals surface area contributed by atoms with Gasteiger partial charge in [0.2, 0.25) is 0 Å². The van der Waals surface area contributed by atoms with E-state index in [1.165, 1.54) is 11.1 Å². The van der Waals surface area contributed by atoms with E-state index in [1.54, 1.807) is 0 Å². The van der Waals surface area contributed by atoms with Crippen LogP contribution in [0.3, 0.4) is 0 Å². The Bertz CT molecular complexity index is 433. The average molecular weight is 279 g/mol. The van der Waals surface area contributed by atoms with Gasteiger partial charge in [0.25, 0.3) is 0 Å². The SMILES string of the molecule is Cc1ccc(OCCCC(C)(N)CO)c(C(C)(C)C)c1. The summed E-state index contributed by atoms with van der Waals surface area (Å²) in [5.41, 5.74) is 7.94. The minimum absolute atomic E-state index is 0.00473. The van der Waals surface area contributed by atoms with Gasteiger partial charge in [0.15, 0.2) is 0 Å². The van der Waals surface area contributed by atoms with Crippen LogP contribution in [-0.4, -0.2) is 23.9 Å². The fourth-order valence-corrected chi connectivity index (χ4v) is 2.09. The molecule has 3 nitrogen and oxygen atoms in total. The first-order valence-corrected chi connectivity index (χ1v) is 7.29. The van der Waals surface area contributed by atoms with Crippen LogP contribution in [0.4, 0.5) is 0 Å². The number of ether oxygens (including phenoxy) is 1. The molecular weight excluding hydrogens is 250 g/mol. The molecule has 0 radical (unpaired) electrons. The second kappa shape index (κ2) is 6.59. The third-order valence-electron chi connectivity index (χ3n) is 3.45. The number of aliphatic hydroxyl groups is 1. The summed E-state index contributed by atoms with van der Waals surface area (Å²) < 4.78 is 5.92. The van der Waals surface area contributed by atoms with Crippen LogP contribution in [0.15, 0.2) is 18.2 Å². The Hall–Kier alpha value is -1.06. The Kier molecular flexibility index (Phi) is 5.60. The van der Waals surface area contributed by atoms with Gasteiger partial charge in [-0.25, -0.2) is 0 Å². The van der Waals surface area contributed by atoms with E-state index < -0.39 is 5.54 Å². The predicted octanol–water partition coefficient (Wildman–Crippen LogP) is 3.16. The maximum atomic E-state index is 9.13. The molecule has 0 saturated heterocycles. The minimum Gasteiger partial charge on any atom is -0.493 e. The summed E-state index contributed by atoms with van der Waals surface area (Å²) in [4.78, 5) is 0. The van der Waals surface area contributed by atoms with Gasteiger partial charge in [-0.15, -0.1) is 0 Å². The first kappa shape index (κ1) is 17.0. The summed E-state index contributed by atoms with van der Waals surface area (Å²) in [5, 5.41) is 9.13. The lowest BCUT2D eigenvalue weighted by Gasteiger charge is -2.24. The van der Waals surface area contributed by atoms with Crippen molar-refractivity contribution in [2.45, 2.75) is 58.4 Å². The van der Waals surface area contributed by atoms with Crippen LogP contribution in [-0.2, 0) is 5.41 Å². The molecule has 0 fully saturated rings. The number of benzene rings is 1. The van der Waals surface area contributed by atoms with Crippen molar-refractivity contribution in [3.63, 3.8) is 0 Å². The summed E-state index contributed by atoms with van der Waals surface area (Å²) in [5.74, 6) is 0.950. The highest BCUT2D eigenvalue weighted by Crippen LogP contribution is 2.32. The number of rotatable bonds is 6. The normalized spacial score (nSPS) is 14.9. The first-order valence-electron chi connectivity index (χ1n) is 7.29. The van der Waals surface area contributed by atoms with Crippen molar-refractivity contribution in [1.29, 1.82) is 0 Å². The Morgan fingerprint density at radius 2 is 1.85 bits per heavy atom. The van der Waals surface area contributed by atoms with Crippen LogP contribution in [0.5, 0.6) is 5.75 Å². The summed E-state index contributed by atoms with van der Waals surface area (Å²) in [6.45, 7) is 11.2. The zero-order valence-corrected chi connectivity index (χ0v) is 13.5. The Morgan fingerprint density at radius 3 is 2.40 bits per heavy atom. The maximum Gasteiger partial charge on any atom is 0.123 e. The predicted molar refractivity (Wildman–Crippen MR) is 84.3 cm³/mol. The van der Waals surface area contributed by atoms with Crippen LogP contribution in [0.1, 0.15) is 51.7 Å². The largest absolute Gasteiger partial charge is 0.493 e. The highest BCUT2D eigenvalue weighted by Gasteiger charge is 2.20. The highest BCUT2D eigenvalue weighted by molar-refractivity contribution is 5.41. The molecule has 0 aliphatic rings. The smallest absolute Gasteiger partial charge is 0.123 e. The topological polar surface area (TPSA) is 55.5 Å². The lowest BCUT2D eigenvalue weighted by molar-refractivity contribution is 0.188. The van der Waals surface area contributed by atoms with Gasteiger partial charge in [-0.2, -0.15) is 0 Å². The van der Waals surface area contributed by atoms with Crippen molar-refractivity contribution < 1.29 is 9.84 Å². The molecule has 3 N–H and O–H groups in total. The standard InChI is InChI=1S/C17H29NO2/c1-13-7-8-15(14(11-13)16(2,3)4)20-10-6-9-17(5,18)12-19/h7-8,11,19H,6,9-10,12,18H2,1-5H3. The van der Waals surface area contributed by atoms with E-state index in [2.05, 4.69) is 39.8 Å². The molecule has 1 aromatic rings. The van der Waals surface area contributed by atoms with Crippen molar-refractivity contribution >= 4 is 0 Å². The van der Waals surface area contributed by atoms with E-state index in [0.717, 1.165) is 18.6 Å². The van der Waals surface area contributed by atoms with Crippen molar-refractivity contribution in [2.24, 2.45) is 5.73 Å². The van der Waals surface area contributed by atoms with Gasteiger partial charge in [-0.05, 0) is 43.7 Å². The van der Waals surface area contributed by atoms with Crippen molar-refractivity contribution in [3.05, 3.63) is 29.3 Å². The van der Waals surface area contributed by atoms with E-state index in [-0.39, 0.29) is 12.0 Å². The van der Waals surface area contributed by atoms with Gasteiger partial charge in [0.05, 0.1) is 13.2 Å². The van der Waals surface area contributed by atoms with Crippen LogP contribution < -0.4 is 10.5 Å². The number of aryl methyl sites for hydroxylation is 1. The van der Waals surface area contributed by atoms with Gasteiger partial charge in [-0.1, -0.05) is 38.5 Å². The third-order valence-corrected chi connectivity index (χ3v) is 3.45. The average Bonchev–Trinajstić information content (AvgIpc) is 2.35. The minimum atomic E-state index is -0.510. The van der Waals surface area contributed by atoms with Gasteiger partial charge >= 0.3 is 0 Å². The molecule has 3 heteroatoms. The molecule has 0 aromatic heterocycles. The number of aliphatic hydroxyl groups excluding tert-OH is 1. The summed E-state index contributed by atoms with van der Waals surface area (Å²) in [6.07, 6.45) is 1.59. The van der Waals surface area contributed by atoms with E-state index >= 15 is 0 Å². The van der Waals surface area contributed by atoms with Crippen LogP contribution in [0.25, 0.3) is 0 Å². The van der Waals surface area contributed by atoms with E-state index in [1.807, 2.05) is 13.0 Å². The van der Waals surface area contributed by atoms with Gasteiger partial charge < -0.3 is 15.6 Å². The number of hydrogen-bond donors (Lipinski definition) is 2. The number of hydrogen-bond acceptors (Lipinski definition) is 3. The van der Waals surface area contributed by atoms with Crippen molar-refractivity contribution in [3.8, 4) is 5.75 Å². The second-order valence-corrected chi connectivity index (χ2v) is 7.01. The third kappa shape index (κ3) is 5.14. The van der Waals surface area contributed by atoms with Gasteiger partial charge in [0.1, 0.15) is 5.75 Å². The van der Waals surface area contributed by atoms with E-state index in [0.29, 0.717) is 6.61 Å². The molecule has 1 rings (SSSR count). The fourth-order valence-electron chi connectivity index (χ4n) is 2.09. The van der Waals surface area contributed by atoms with Crippen molar-refractivity contribution in [2.75, 3.05) is 13.2 Å². The molecule has 0 aliphatic carbocycles. The Labute approximate surface area is 123 Å². The molecule has 0 spiro atoms. The molecule has 0 heterocycles. The van der Waals surface area contributed by atoms with Crippen LogP contribution in [0, 0.1) is 6.92 Å². The summed E-state index contributed by atoms with van der Waals surface area (Å²) in [6, 6.07) is 6.31. The number of nitrogens with two attached hydrogens (primary N) is 1. The zero-order valence-electron chi connectivity index (χ0n) is 13.5. The fraction of sp³-hybridized carbons (Fsp3) is 0.647. The summed E-state index contributed by atoms with van der Waals surface area (Å²) in [7, 11) is 0. The lowest BCUT2D eigenvalue weighted by atomic mass is 9.85. The quantitative estimate of drug-likeness (QED) is 0.786. The zero-order chi connectivity index (χ0) is 15.4. The molecular formula is C17H29NO2. The first-order chi connectivity index (χ1) is 9.15. The molecule has 1 atom stereocenters. The van der Waals surface area contributed by atoms with Gasteiger partial charge in [0, 0.05) is 5.54 Å². The highest BCUT2D eigenvalue weighted by atomic mass is 16.5.